The highest BCUT2D eigenvalue weighted by molar-refractivity contribution is 7.18. The number of thiazole rings is 1. The fourth-order valence-electron chi connectivity index (χ4n) is 1.91. The highest BCUT2D eigenvalue weighted by atomic mass is 32.1. The first-order chi connectivity index (χ1) is 8.94. The van der Waals surface area contributed by atoms with E-state index in [1.807, 2.05) is 39.0 Å². The van der Waals surface area contributed by atoms with E-state index in [0.29, 0.717) is 6.42 Å². The van der Waals surface area contributed by atoms with Gasteiger partial charge in [0.25, 0.3) is 0 Å². The first-order valence-corrected chi connectivity index (χ1v) is 7.41. The minimum atomic E-state index is -0.146. The lowest BCUT2D eigenvalue weighted by molar-refractivity contribution is -0.122. The van der Waals surface area contributed by atoms with Gasteiger partial charge in [-0.15, -0.1) is 11.3 Å². The molecule has 0 aliphatic heterocycles. The van der Waals surface area contributed by atoms with Crippen molar-refractivity contribution < 1.29 is 4.79 Å². The van der Waals surface area contributed by atoms with Crippen molar-refractivity contribution >= 4 is 27.5 Å². The van der Waals surface area contributed by atoms with Crippen molar-refractivity contribution in [3.63, 3.8) is 0 Å². The van der Waals surface area contributed by atoms with Crippen LogP contribution >= 0.6 is 11.3 Å². The number of aromatic nitrogens is 1. The van der Waals surface area contributed by atoms with Crippen molar-refractivity contribution in [2.24, 2.45) is 0 Å². The smallest absolute Gasteiger partial charge is 0.220 e. The number of benzene rings is 1. The fraction of sp³-hybridized carbons (Fsp3) is 0.467. The Morgan fingerprint density at radius 1 is 1.32 bits per heavy atom. The predicted molar refractivity (Wildman–Crippen MR) is 80.5 cm³/mol. The van der Waals surface area contributed by atoms with Crippen molar-refractivity contribution in [1.29, 1.82) is 0 Å². The third-order valence-electron chi connectivity index (χ3n) is 2.65. The molecule has 0 aliphatic rings. The monoisotopic (exact) mass is 276 g/mol. The lowest BCUT2D eigenvalue weighted by Crippen LogP contribution is -2.40. The highest BCUT2D eigenvalue weighted by Crippen LogP contribution is 2.22. The fourth-order valence-corrected chi connectivity index (χ4v) is 2.92. The summed E-state index contributed by atoms with van der Waals surface area (Å²) in [6, 6.07) is 8.15. The number of carbonyl (C=O) groups is 1. The zero-order valence-electron chi connectivity index (χ0n) is 11.7. The van der Waals surface area contributed by atoms with Gasteiger partial charge in [-0.05, 0) is 45.7 Å². The number of amides is 1. The van der Waals surface area contributed by atoms with Crippen LogP contribution in [0.3, 0.4) is 0 Å². The van der Waals surface area contributed by atoms with Gasteiger partial charge in [-0.2, -0.15) is 0 Å². The van der Waals surface area contributed by atoms with Crippen molar-refractivity contribution in [2.75, 3.05) is 0 Å². The maximum atomic E-state index is 11.7. The molecule has 2 rings (SSSR count). The van der Waals surface area contributed by atoms with Crippen LogP contribution in [0.5, 0.6) is 0 Å². The van der Waals surface area contributed by atoms with E-state index in [2.05, 4.69) is 16.4 Å². The second-order valence-electron chi connectivity index (χ2n) is 5.73. The van der Waals surface area contributed by atoms with E-state index in [0.717, 1.165) is 23.4 Å². The van der Waals surface area contributed by atoms with E-state index >= 15 is 0 Å². The average molecular weight is 276 g/mol. The minimum absolute atomic E-state index is 0.119. The van der Waals surface area contributed by atoms with Gasteiger partial charge in [-0.3, -0.25) is 4.79 Å². The van der Waals surface area contributed by atoms with E-state index in [1.54, 1.807) is 11.3 Å². The van der Waals surface area contributed by atoms with E-state index in [4.69, 9.17) is 0 Å². The molecule has 0 bridgehead atoms. The van der Waals surface area contributed by atoms with E-state index < -0.39 is 0 Å². The topological polar surface area (TPSA) is 42.0 Å². The molecule has 0 saturated heterocycles. The van der Waals surface area contributed by atoms with Crippen molar-refractivity contribution in [2.45, 2.75) is 45.6 Å². The molecule has 1 aromatic carbocycles. The molecule has 102 valence electrons. The number of carbonyl (C=O) groups excluding carboxylic acids is 1. The van der Waals surface area contributed by atoms with E-state index in [1.165, 1.54) is 4.70 Å². The SMILES string of the molecule is CC(C)(C)NC(=O)CCCc1nc2ccccc2s1. The lowest BCUT2D eigenvalue weighted by Gasteiger charge is -2.20. The molecule has 0 saturated carbocycles. The maximum Gasteiger partial charge on any atom is 0.220 e. The molecule has 0 atom stereocenters. The molecule has 19 heavy (non-hydrogen) atoms. The summed E-state index contributed by atoms with van der Waals surface area (Å²) in [6.07, 6.45) is 2.28. The zero-order valence-corrected chi connectivity index (χ0v) is 12.5. The molecule has 1 N–H and O–H groups in total. The molecule has 1 heterocycles. The Balaban J connectivity index is 1.84. The molecule has 1 aromatic heterocycles. The third kappa shape index (κ3) is 4.31. The van der Waals surface area contributed by atoms with Gasteiger partial charge in [-0.25, -0.2) is 4.98 Å². The largest absolute Gasteiger partial charge is 0.352 e. The Morgan fingerprint density at radius 3 is 2.74 bits per heavy atom. The number of nitrogens with one attached hydrogen (secondary N) is 1. The first-order valence-electron chi connectivity index (χ1n) is 6.59. The van der Waals surface area contributed by atoms with Crippen LogP contribution in [-0.4, -0.2) is 16.4 Å². The number of rotatable bonds is 4. The van der Waals surface area contributed by atoms with Crippen LogP contribution in [0.1, 0.15) is 38.6 Å². The summed E-state index contributed by atoms with van der Waals surface area (Å²) >= 11 is 1.72. The summed E-state index contributed by atoms with van der Waals surface area (Å²) in [5, 5.41) is 4.09. The van der Waals surface area contributed by atoms with Crippen LogP contribution in [0.4, 0.5) is 0 Å². The minimum Gasteiger partial charge on any atom is -0.352 e. The summed E-state index contributed by atoms with van der Waals surface area (Å²) < 4.78 is 1.22. The van der Waals surface area contributed by atoms with Gasteiger partial charge in [0.05, 0.1) is 15.2 Å². The number of hydrogen-bond acceptors (Lipinski definition) is 3. The molecule has 0 spiro atoms. The molecule has 1 amide bonds. The van der Waals surface area contributed by atoms with Crippen LogP contribution in [0.15, 0.2) is 24.3 Å². The van der Waals surface area contributed by atoms with E-state index in [-0.39, 0.29) is 11.4 Å². The van der Waals surface area contributed by atoms with Gasteiger partial charge in [0.15, 0.2) is 0 Å². The summed E-state index contributed by atoms with van der Waals surface area (Å²) in [5.74, 6) is 0.119. The van der Waals surface area contributed by atoms with Crippen molar-refractivity contribution in [1.82, 2.24) is 10.3 Å². The Labute approximate surface area is 118 Å². The number of hydrogen-bond donors (Lipinski definition) is 1. The maximum absolute atomic E-state index is 11.7. The van der Waals surface area contributed by atoms with Crippen molar-refractivity contribution in [3.05, 3.63) is 29.3 Å². The lowest BCUT2D eigenvalue weighted by atomic mass is 10.1. The van der Waals surface area contributed by atoms with Gasteiger partial charge in [0, 0.05) is 12.0 Å². The van der Waals surface area contributed by atoms with Gasteiger partial charge >= 0.3 is 0 Å². The van der Waals surface area contributed by atoms with Gasteiger partial charge in [-0.1, -0.05) is 12.1 Å². The molecule has 0 fully saturated rings. The molecule has 0 radical (unpaired) electrons. The number of para-hydroxylation sites is 1. The Hall–Kier alpha value is -1.42. The van der Waals surface area contributed by atoms with Crippen LogP contribution in [-0.2, 0) is 11.2 Å². The molecule has 0 aliphatic carbocycles. The zero-order chi connectivity index (χ0) is 13.9. The van der Waals surface area contributed by atoms with Crippen LogP contribution < -0.4 is 5.32 Å². The Morgan fingerprint density at radius 2 is 2.05 bits per heavy atom. The summed E-state index contributed by atoms with van der Waals surface area (Å²) in [6.45, 7) is 6.00. The van der Waals surface area contributed by atoms with E-state index in [9.17, 15) is 4.79 Å². The van der Waals surface area contributed by atoms with Crippen LogP contribution in [0, 0.1) is 0 Å². The normalized spacial score (nSPS) is 11.7. The first kappa shape index (κ1) is 14.0. The average Bonchev–Trinajstić information content (AvgIpc) is 2.68. The molecule has 2 aromatic rings. The van der Waals surface area contributed by atoms with Crippen LogP contribution in [0.25, 0.3) is 10.2 Å². The summed E-state index contributed by atoms with van der Waals surface area (Å²) in [4.78, 5) is 16.3. The second-order valence-corrected chi connectivity index (χ2v) is 6.84. The molecular formula is C15H20N2OS. The number of fused-ring (bicyclic) bond motifs is 1. The number of nitrogens with zero attached hydrogens (tertiary/aromatic N) is 1. The number of aryl methyl sites for hydroxylation is 1. The molecule has 4 heteroatoms. The molecular weight excluding hydrogens is 256 g/mol. The third-order valence-corrected chi connectivity index (χ3v) is 3.74. The molecule has 0 unspecified atom stereocenters. The van der Waals surface area contributed by atoms with Crippen LogP contribution in [0.2, 0.25) is 0 Å². The molecule has 3 nitrogen and oxygen atoms in total. The predicted octanol–water partition coefficient (Wildman–Crippen LogP) is 3.53. The standard InChI is InChI=1S/C15H20N2OS/c1-15(2,3)17-13(18)9-6-10-14-16-11-7-4-5-8-12(11)19-14/h4-5,7-8H,6,9-10H2,1-3H3,(H,17,18). The van der Waals surface area contributed by atoms with Gasteiger partial charge < -0.3 is 5.32 Å². The summed E-state index contributed by atoms with van der Waals surface area (Å²) in [5.41, 5.74) is 0.911. The summed E-state index contributed by atoms with van der Waals surface area (Å²) in [7, 11) is 0. The second kappa shape index (κ2) is 5.70. The van der Waals surface area contributed by atoms with Crippen molar-refractivity contribution in [3.8, 4) is 0 Å². The Bertz CT molecular complexity index is 536. The Kier molecular flexibility index (Phi) is 4.20. The van der Waals surface area contributed by atoms with Gasteiger partial charge in [0.1, 0.15) is 0 Å². The van der Waals surface area contributed by atoms with Gasteiger partial charge in [0.2, 0.25) is 5.91 Å². The quantitative estimate of drug-likeness (QED) is 0.928. The highest BCUT2D eigenvalue weighted by Gasteiger charge is 2.13.